The quantitative estimate of drug-likeness (QED) is 0.525. The topological polar surface area (TPSA) is 111 Å². The highest BCUT2D eigenvalue weighted by Gasteiger charge is 2.48. The monoisotopic (exact) mass is 569 g/mol. The van der Waals surface area contributed by atoms with Gasteiger partial charge in [0.25, 0.3) is 0 Å². The Morgan fingerprint density at radius 2 is 1.50 bits per heavy atom. The molecule has 2 saturated heterocycles. The van der Waals surface area contributed by atoms with Gasteiger partial charge in [-0.1, -0.05) is 0 Å². The number of aromatic nitrogens is 1. The minimum atomic E-state index is -5.08. The van der Waals surface area contributed by atoms with Crippen molar-refractivity contribution in [3.8, 4) is 0 Å². The van der Waals surface area contributed by atoms with Gasteiger partial charge in [-0.05, 0) is 65.9 Å². The average Bonchev–Trinajstić information content (AvgIpc) is 3.44. The molecule has 0 radical (unpaired) electrons. The minimum Gasteiger partial charge on any atom is -0.475 e. The van der Waals surface area contributed by atoms with Crippen molar-refractivity contribution in [1.82, 2.24) is 14.8 Å². The van der Waals surface area contributed by atoms with Crippen molar-refractivity contribution in [2.24, 2.45) is 5.41 Å². The highest BCUT2D eigenvalue weighted by molar-refractivity contribution is 7.07. The van der Waals surface area contributed by atoms with Gasteiger partial charge < -0.3 is 15.1 Å². The van der Waals surface area contributed by atoms with E-state index in [1.165, 1.54) is 11.1 Å². The number of likely N-dealkylation sites (tertiary alicyclic amines) is 2. The van der Waals surface area contributed by atoms with Crippen LogP contribution < -0.4 is 0 Å². The molecule has 8 nitrogen and oxygen atoms in total. The fourth-order valence-corrected chi connectivity index (χ4v) is 4.79. The number of carboxylic acid groups (broad SMARTS) is 2. The molecule has 2 N–H and O–H groups in total. The summed E-state index contributed by atoms with van der Waals surface area (Å²) < 4.78 is 63.5. The maximum atomic E-state index is 13.1. The van der Waals surface area contributed by atoms with E-state index in [9.17, 15) is 31.1 Å². The van der Waals surface area contributed by atoms with Gasteiger partial charge in [0, 0.05) is 38.6 Å². The number of carboxylic acids is 2. The van der Waals surface area contributed by atoms with E-state index in [0.717, 1.165) is 45.4 Å². The predicted molar refractivity (Wildman–Crippen MR) is 123 cm³/mol. The largest absolute Gasteiger partial charge is 0.490 e. The molecule has 0 aliphatic carbocycles. The molecule has 1 amide bonds. The van der Waals surface area contributed by atoms with Crippen molar-refractivity contribution >= 4 is 29.2 Å². The van der Waals surface area contributed by atoms with Crippen LogP contribution in [0.2, 0.25) is 0 Å². The molecule has 1 unspecified atom stereocenters. The summed E-state index contributed by atoms with van der Waals surface area (Å²) in [5.41, 5.74) is 2.39. The SMILES string of the molecule is O=C(O)C(F)(F)F.O=C(O)C(F)(F)F.O=C1N(Cc2ccncc2)CCC12CCCN(Cc1ccsc1)C2. The molecule has 15 heteroatoms. The molecule has 2 aliphatic rings. The molecule has 0 bridgehead atoms. The molecule has 2 aromatic rings. The summed E-state index contributed by atoms with van der Waals surface area (Å²) in [5, 5.41) is 18.6. The van der Waals surface area contributed by atoms with Crippen LogP contribution in [-0.2, 0) is 27.5 Å². The van der Waals surface area contributed by atoms with Crippen LogP contribution in [0.25, 0.3) is 0 Å². The maximum absolute atomic E-state index is 13.1. The lowest BCUT2D eigenvalue weighted by atomic mass is 9.78. The molecule has 0 aromatic carbocycles. The summed E-state index contributed by atoms with van der Waals surface area (Å²) >= 11 is 1.75. The van der Waals surface area contributed by atoms with Gasteiger partial charge in [-0.3, -0.25) is 14.7 Å². The Bertz CT molecular complexity index is 1040. The standard InChI is InChI=1S/C19H23N3OS.2C2HF3O2/c23-18-19(6-10-22(18)13-16-2-7-20-8-3-16)5-1-9-21(15-19)12-17-4-11-24-14-17;2*3-2(4,5)1(6)7/h2-4,7-8,11,14H,1,5-6,9-10,12-13,15H2;2*(H,6,7). The second-order valence-electron chi connectivity index (χ2n) is 8.66. The molecule has 2 aliphatic heterocycles. The van der Waals surface area contributed by atoms with Crippen LogP contribution in [0.1, 0.15) is 30.4 Å². The van der Waals surface area contributed by atoms with Crippen molar-refractivity contribution in [1.29, 1.82) is 0 Å². The number of halogens is 6. The van der Waals surface area contributed by atoms with Gasteiger partial charge in [0.05, 0.1) is 5.41 Å². The number of hydrogen-bond donors (Lipinski definition) is 2. The van der Waals surface area contributed by atoms with Crippen molar-refractivity contribution in [2.75, 3.05) is 19.6 Å². The second-order valence-corrected chi connectivity index (χ2v) is 9.44. The molecule has 2 fully saturated rings. The fraction of sp³-hybridized carbons (Fsp3) is 0.478. The van der Waals surface area contributed by atoms with Gasteiger partial charge in [0.15, 0.2) is 0 Å². The predicted octanol–water partition coefficient (Wildman–Crippen LogP) is 4.42. The minimum absolute atomic E-state index is 0.151. The van der Waals surface area contributed by atoms with Crippen LogP contribution in [0.15, 0.2) is 41.4 Å². The Balaban J connectivity index is 0.000000301. The fourth-order valence-electron chi connectivity index (χ4n) is 4.13. The van der Waals surface area contributed by atoms with E-state index in [-0.39, 0.29) is 5.41 Å². The lowest BCUT2D eigenvalue weighted by Gasteiger charge is -2.39. The molecule has 2 aromatic heterocycles. The first kappa shape index (κ1) is 31.0. The zero-order valence-corrected chi connectivity index (χ0v) is 20.7. The Morgan fingerprint density at radius 1 is 0.921 bits per heavy atom. The summed E-state index contributed by atoms with van der Waals surface area (Å²) in [5.74, 6) is -5.16. The van der Waals surface area contributed by atoms with E-state index in [2.05, 4.69) is 26.7 Å². The van der Waals surface area contributed by atoms with Gasteiger partial charge >= 0.3 is 24.3 Å². The average molecular weight is 570 g/mol. The summed E-state index contributed by atoms with van der Waals surface area (Å²) in [7, 11) is 0. The van der Waals surface area contributed by atoms with Crippen LogP contribution in [-0.4, -0.2) is 74.8 Å². The van der Waals surface area contributed by atoms with E-state index >= 15 is 0 Å². The van der Waals surface area contributed by atoms with Crippen LogP contribution in [0.4, 0.5) is 26.3 Å². The number of rotatable bonds is 4. The number of thiophene rings is 1. The smallest absolute Gasteiger partial charge is 0.475 e. The molecule has 210 valence electrons. The number of carbonyl (C=O) groups is 3. The lowest BCUT2D eigenvalue weighted by Crippen LogP contribution is -2.47. The molecule has 4 rings (SSSR count). The maximum Gasteiger partial charge on any atom is 0.490 e. The summed E-state index contributed by atoms with van der Waals surface area (Å²) in [6, 6.07) is 6.20. The summed E-state index contributed by atoms with van der Waals surface area (Å²) in [6.07, 6.45) is -3.40. The summed E-state index contributed by atoms with van der Waals surface area (Å²) in [4.78, 5) is 39.5. The number of pyridine rings is 1. The Labute approximate surface area is 217 Å². The van der Waals surface area contributed by atoms with Gasteiger partial charge in [0.2, 0.25) is 5.91 Å². The molecular formula is C23H25F6N3O5S. The Hall–Kier alpha value is -3.20. The normalized spacial score (nSPS) is 19.8. The van der Waals surface area contributed by atoms with E-state index in [0.29, 0.717) is 12.5 Å². The number of alkyl halides is 6. The molecule has 38 heavy (non-hydrogen) atoms. The third kappa shape index (κ3) is 9.28. The Morgan fingerprint density at radius 3 is 2.00 bits per heavy atom. The van der Waals surface area contributed by atoms with E-state index < -0.39 is 24.3 Å². The number of aliphatic carboxylic acids is 2. The van der Waals surface area contributed by atoms with Gasteiger partial charge in [-0.25, -0.2) is 9.59 Å². The Kier molecular flexibility index (Phi) is 10.6. The zero-order valence-electron chi connectivity index (χ0n) is 19.8. The lowest BCUT2D eigenvalue weighted by molar-refractivity contribution is -0.193. The molecule has 1 atom stereocenters. The summed E-state index contributed by atoms with van der Waals surface area (Å²) in [6.45, 7) is 4.59. The van der Waals surface area contributed by atoms with Gasteiger partial charge in [0.1, 0.15) is 0 Å². The van der Waals surface area contributed by atoms with Crippen molar-refractivity contribution < 1.29 is 50.9 Å². The van der Waals surface area contributed by atoms with Crippen molar-refractivity contribution in [2.45, 2.75) is 44.7 Å². The van der Waals surface area contributed by atoms with Crippen molar-refractivity contribution in [3.63, 3.8) is 0 Å². The number of piperidine rings is 1. The first-order valence-corrected chi connectivity index (χ1v) is 12.1. The highest BCUT2D eigenvalue weighted by Crippen LogP contribution is 2.41. The van der Waals surface area contributed by atoms with E-state index in [1.54, 1.807) is 23.7 Å². The molecule has 0 saturated carbocycles. The number of amides is 1. The molecule has 1 spiro atoms. The van der Waals surface area contributed by atoms with E-state index in [1.807, 2.05) is 17.0 Å². The van der Waals surface area contributed by atoms with Gasteiger partial charge in [-0.15, -0.1) is 0 Å². The third-order valence-electron chi connectivity index (χ3n) is 5.85. The van der Waals surface area contributed by atoms with Crippen LogP contribution >= 0.6 is 11.3 Å². The van der Waals surface area contributed by atoms with Crippen LogP contribution in [0.5, 0.6) is 0 Å². The second kappa shape index (κ2) is 13.0. The number of nitrogens with zero attached hydrogens (tertiary/aromatic N) is 3. The zero-order chi connectivity index (χ0) is 28.6. The van der Waals surface area contributed by atoms with Crippen LogP contribution in [0, 0.1) is 5.41 Å². The van der Waals surface area contributed by atoms with E-state index in [4.69, 9.17) is 19.8 Å². The first-order chi connectivity index (χ1) is 17.6. The number of hydrogen-bond acceptors (Lipinski definition) is 6. The highest BCUT2D eigenvalue weighted by atomic mass is 32.1. The van der Waals surface area contributed by atoms with Crippen LogP contribution in [0.3, 0.4) is 0 Å². The number of carbonyl (C=O) groups excluding carboxylic acids is 1. The first-order valence-electron chi connectivity index (χ1n) is 11.2. The van der Waals surface area contributed by atoms with Gasteiger partial charge in [-0.2, -0.15) is 37.7 Å². The third-order valence-corrected chi connectivity index (χ3v) is 6.58. The molecular weight excluding hydrogens is 544 g/mol. The molecule has 4 heterocycles. The van der Waals surface area contributed by atoms with Crippen molar-refractivity contribution in [3.05, 3.63) is 52.5 Å².